The molecule has 1 aromatic carbocycles. The summed E-state index contributed by atoms with van der Waals surface area (Å²) in [7, 11) is 0. The molecule has 0 amide bonds. The fraction of sp³-hybridized carbons (Fsp3) is 0.167. The lowest BCUT2D eigenvalue weighted by molar-refractivity contribution is -0.141. The van der Waals surface area contributed by atoms with E-state index in [9.17, 15) is 13.2 Å². The molecular formula is C12H7ClF3N3. The zero-order chi connectivity index (χ0) is 14.2. The second-order valence-corrected chi connectivity index (χ2v) is 4.23. The second-order valence-electron chi connectivity index (χ2n) is 3.87. The van der Waals surface area contributed by atoms with Gasteiger partial charge in [0, 0.05) is 0 Å². The highest BCUT2D eigenvalue weighted by atomic mass is 35.5. The monoisotopic (exact) mass is 285 g/mol. The molecule has 0 fully saturated rings. The highest BCUT2D eigenvalue weighted by molar-refractivity contribution is 6.31. The van der Waals surface area contributed by atoms with E-state index in [4.69, 9.17) is 16.9 Å². The van der Waals surface area contributed by atoms with Crippen LogP contribution in [0.1, 0.15) is 16.8 Å². The average molecular weight is 286 g/mol. The van der Waals surface area contributed by atoms with E-state index in [-0.39, 0.29) is 5.15 Å². The van der Waals surface area contributed by atoms with Crippen molar-refractivity contribution in [2.75, 3.05) is 0 Å². The molecule has 0 spiro atoms. The van der Waals surface area contributed by atoms with Gasteiger partial charge in [0.15, 0.2) is 10.8 Å². The van der Waals surface area contributed by atoms with Crippen LogP contribution in [0.25, 0.3) is 5.69 Å². The Bertz CT molecular complexity index is 668. The van der Waals surface area contributed by atoms with Crippen LogP contribution < -0.4 is 0 Å². The van der Waals surface area contributed by atoms with E-state index in [2.05, 4.69) is 5.10 Å². The van der Waals surface area contributed by atoms with Crippen molar-refractivity contribution in [3.05, 3.63) is 46.2 Å². The lowest BCUT2D eigenvalue weighted by Crippen LogP contribution is -2.08. The zero-order valence-electron chi connectivity index (χ0n) is 9.66. The van der Waals surface area contributed by atoms with Gasteiger partial charge in [0.2, 0.25) is 0 Å². The minimum Gasteiger partial charge on any atom is -0.220 e. The normalized spacial score (nSPS) is 11.4. The number of alkyl halides is 3. The number of halogens is 4. The molecule has 0 atom stereocenters. The highest BCUT2D eigenvalue weighted by Crippen LogP contribution is 2.35. The van der Waals surface area contributed by atoms with Crippen LogP contribution in [0.4, 0.5) is 13.2 Å². The molecule has 0 unspecified atom stereocenters. The van der Waals surface area contributed by atoms with Crippen LogP contribution >= 0.6 is 11.6 Å². The van der Waals surface area contributed by atoms with E-state index in [0.717, 1.165) is 10.2 Å². The molecule has 0 saturated heterocycles. The predicted molar refractivity (Wildman–Crippen MR) is 63.0 cm³/mol. The summed E-state index contributed by atoms with van der Waals surface area (Å²) < 4.78 is 39.1. The van der Waals surface area contributed by atoms with Gasteiger partial charge in [-0.2, -0.15) is 23.5 Å². The van der Waals surface area contributed by atoms with Crippen molar-refractivity contribution in [1.29, 1.82) is 5.26 Å². The Morgan fingerprint density at radius 1 is 1.37 bits per heavy atom. The molecule has 1 aromatic heterocycles. The largest absolute Gasteiger partial charge is 0.436 e. The first-order valence-corrected chi connectivity index (χ1v) is 5.55. The second kappa shape index (κ2) is 4.59. The summed E-state index contributed by atoms with van der Waals surface area (Å²) in [6.07, 6.45) is -4.72. The number of hydrogen-bond donors (Lipinski definition) is 0. The highest BCUT2D eigenvalue weighted by Gasteiger charge is 2.39. The molecule has 19 heavy (non-hydrogen) atoms. The minimum atomic E-state index is -4.72. The first-order chi connectivity index (χ1) is 8.84. The topological polar surface area (TPSA) is 41.6 Å². The zero-order valence-corrected chi connectivity index (χ0v) is 10.4. The first kappa shape index (κ1) is 13.4. The Hall–Kier alpha value is -2.00. The molecule has 3 nitrogen and oxygen atoms in total. The van der Waals surface area contributed by atoms with Crippen molar-refractivity contribution in [1.82, 2.24) is 9.78 Å². The van der Waals surface area contributed by atoms with Crippen molar-refractivity contribution in [2.45, 2.75) is 13.1 Å². The molecule has 0 aliphatic rings. The van der Waals surface area contributed by atoms with E-state index in [1.807, 2.05) is 0 Å². The molecule has 0 radical (unpaired) electrons. The summed E-state index contributed by atoms with van der Waals surface area (Å²) in [5, 5.41) is 11.8. The Kier molecular flexibility index (Phi) is 3.25. The van der Waals surface area contributed by atoms with Crippen LogP contribution in [0.15, 0.2) is 24.3 Å². The van der Waals surface area contributed by atoms with E-state index in [1.54, 1.807) is 31.2 Å². The van der Waals surface area contributed by atoms with Crippen molar-refractivity contribution in [3.8, 4) is 11.8 Å². The number of aromatic nitrogens is 2. The van der Waals surface area contributed by atoms with Gasteiger partial charge in [-0.05, 0) is 24.6 Å². The van der Waals surface area contributed by atoms with Gasteiger partial charge < -0.3 is 0 Å². The van der Waals surface area contributed by atoms with Crippen LogP contribution in [0, 0.1) is 18.3 Å². The first-order valence-electron chi connectivity index (χ1n) is 5.17. The van der Waals surface area contributed by atoms with Gasteiger partial charge in [-0.3, -0.25) is 0 Å². The maximum Gasteiger partial charge on any atom is 0.436 e. The minimum absolute atomic E-state index is 0.347. The number of nitrogens with zero attached hydrogens (tertiary/aromatic N) is 3. The molecule has 1 heterocycles. The Morgan fingerprint density at radius 3 is 2.53 bits per heavy atom. The number of aryl methyl sites for hydroxylation is 1. The summed E-state index contributed by atoms with van der Waals surface area (Å²) in [5.41, 5.74) is -0.731. The van der Waals surface area contributed by atoms with Gasteiger partial charge in [-0.25, -0.2) is 4.68 Å². The molecule has 0 aliphatic heterocycles. The van der Waals surface area contributed by atoms with Crippen molar-refractivity contribution >= 4 is 11.6 Å². The molecule has 2 aromatic rings. The standard InChI is InChI=1S/C12H7ClF3N3/c1-7-3-2-4-8(5-7)19-11(13)9(6-17)10(18-19)12(14,15)16/h2-5H,1H3. The quantitative estimate of drug-likeness (QED) is 0.801. The number of nitriles is 1. The van der Waals surface area contributed by atoms with Crippen LogP contribution in [-0.2, 0) is 6.18 Å². The third-order valence-corrected chi connectivity index (χ3v) is 2.80. The summed E-state index contributed by atoms with van der Waals surface area (Å²) in [4.78, 5) is 0. The van der Waals surface area contributed by atoms with E-state index in [1.165, 1.54) is 6.07 Å². The Morgan fingerprint density at radius 2 is 2.05 bits per heavy atom. The van der Waals surface area contributed by atoms with Gasteiger partial charge in [0.25, 0.3) is 0 Å². The molecular weight excluding hydrogens is 279 g/mol. The molecule has 0 aliphatic carbocycles. The molecule has 0 bridgehead atoms. The van der Waals surface area contributed by atoms with Crippen molar-refractivity contribution in [3.63, 3.8) is 0 Å². The lowest BCUT2D eigenvalue weighted by atomic mass is 10.2. The fourth-order valence-corrected chi connectivity index (χ4v) is 1.89. The Labute approximate surface area is 111 Å². The summed E-state index contributed by atoms with van der Waals surface area (Å²) >= 11 is 5.80. The van der Waals surface area contributed by atoms with Crippen molar-refractivity contribution in [2.24, 2.45) is 0 Å². The Balaban J connectivity index is 2.68. The maximum absolute atomic E-state index is 12.7. The maximum atomic E-state index is 12.7. The molecule has 0 saturated carbocycles. The van der Waals surface area contributed by atoms with Crippen LogP contribution in [0.3, 0.4) is 0 Å². The predicted octanol–water partition coefficient (Wildman–Crippen LogP) is 3.72. The van der Waals surface area contributed by atoms with E-state index in [0.29, 0.717) is 5.69 Å². The third-order valence-electron chi connectivity index (χ3n) is 2.46. The summed E-state index contributed by atoms with van der Waals surface area (Å²) in [6.45, 7) is 1.79. The summed E-state index contributed by atoms with van der Waals surface area (Å²) in [5.74, 6) is 0. The van der Waals surface area contributed by atoms with Gasteiger partial charge in [0.05, 0.1) is 5.69 Å². The van der Waals surface area contributed by atoms with Crippen LogP contribution in [-0.4, -0.2) is 9.78 Å². The van der Waals surface area contributed by atoms with Crippen molar-refractivity contribution < 1.29 is 13.2 Å². The van der Waals surface area contributed by atoms with Crippen LogP contribution in [0.5, 0.6) is 0 Å². The number of rotatable bonds is 1. The van der Waals surface area contributed by atoms with Gasteiger partial charge >= 0.3 is 6.18 Å². The molecule has 98 valence electrons. The number of hydrogen-bond acceptors (Lipinski definition) is 2. The third kappa shape index (κ3) is 2.42. The van der Waals surface area contributed by atoms with Gasteiger partial charge in [0.1, 0.15) is 11.6 Å². The van der Waals surface area contributed by atoms with E-state index < -0.39 is 17.4 Å². The average Bonchev–Trinajstić information content (AvgIpc) is 2.66. The lowest BCUT2D eigenvalue weighted by Gasteiger charge is -2.04. The molecule has 7 heteroatoms. The number of benzene rings is 1. The van der Waals surface area contributed by atoms with E-state index >= 15 is 0 Å². The smallest absolute Gasteiger partial charge is 0.220 e. The SMILES string of the molecule is Cc1cccc(-n2nc(C(F)(F)F)c(C#N)c2Cl)c1. The van der Waals surface area contributed by atoms with Crippen LogP contribution in [0.2, 0.25) is 5.15 Å². The van der Waals surface area contributed by atoms with Gasteiger partial charge in [-0.15, -0.1) is 0 Å². The van der Waals surface area contributed by atoms with Gasteiger partial charge in [-0.1, -0.05) is 23.7 Å². The molecule has 2 rings (SSSR count). The molecule has 0 N–H and O–H groups in total. The summed E-state index contributed by atoms with van der Waals surface area (Å²) in [6, 6.07) is 8.08. The fourth-order valence-electron chi connectivity index (χ4n) is 1.63.